The molecule has 0 bridgehead atoms. The first-order valence-electron chi connectivity index (χ1n) is 8.25. The van der Waals surface area contributed by atoms with Gasteiger partial charge in [0, 0.05) is 34.4 Å². The molecular weight excluding hydrogens is 321 g/mol. The van der Waals surface area contributed by atoms with E-state index in [1.807, 2.05) is 6.92 Å². The molecule has 1 aliphatic carbocycles. The van der Waals surface area contributed by atoms with Crippen molar-refractivity contribution in [1.29, 1.82) is 0 Å². The third-order valence-corrected chi connectivity index (χ3v) is 4.66. The summed E-state index contributed by atoms with van der Waals surface area (Å²) < 4.78 is 12.9. The van der Waals surface area contributed by atoms with Crippen molar-refractivity contribution < 1.29 is 18.8 Å². The highest BCUT2D eigenvalue weighted by Gasteiger charge is 2.30. The Bertz CT molecular complexity index is 788. The number of hydrogen-bond acceptors (Lipinski definition) is 3. The third kappa shape index (κ3) is 4.10. The zero-order chi connectivity index (χ0) is 18.7. The minimum Gasteiger partial charge on any atom is -0.326 e. The zero-order valence-corrected chi connectivity index (χ0v) is 14.9. The quantitative estimate of drug-likeness (QED) is 0.822. The number of allylic oxidation sites excluding steroid dienone is 4. The lowest BCUT2D eigenvalue weighted by molar-refractivity contribution is -0.117. The Morgan fingerprint density at radius 2 is 1.56 bits per heavy atom. The minimum atomic E-state index is -0.367. The maximum Gasteiger partial charge on any atom is 0.224 e. The first kappa shape index (κ1) is 18.8. The van der Waals surface area contributed by atoms with Crippen LogP contribution in [0.1, 0.15) is 40.5 Å². The molecule has 0 saturated heterocycles. The summed E-state index contributed by atoms with van der Waals surface area (Å²) in [4.78, 5) is 36.8. The SMILES string of the molecule is CC1=C(C)C(=O)C(C(C)CCC(=O)Nc2ccc(F)cc2)=C(C)C1=O. The Labute approximate surface area is 146 Å². The van der Waals surface area contributed by atoms with Crippen molar-refractivity contribution in [3.05, 3.63) is 52.4 Å². The van der Waals surface area contributed by atoms with E-state index in [9.17, 15) is 18.8 Å². The van der Waals surface area contributed by atoms with E-state index in [-0.39, 0.29) is 35.6 Å². The highest BCUT2D eigenvalue weighted by molar-refractivity contribution is 6.24. The van der Waals surface area contributed by atoms with E-state index < -0.39 is 0 Å². The van der Waals surface area contributed by atoms with Crippen molar-refractivity contribution in [3.63, 3.8) is 0 Å². The molecule has 0 aromatic heterocycles. The summed E-state index contributed by atoms with van der Waals surface area (Å²) in [7, 11) is 0. The van der Waals surface area contributed by atoms with Gasteiger partial charge in [0.05, 0.1) is 0 Å². The molecule has 1 amide bonds. The number of anilines is 1. The van der Waals surface area contributed by atoms with E-state index in [4.69, 9.17) is 0 Å². The molecule has 0 saturated carbocycles. The second-order valence-corrected chi connectivity index (χ2v) is 6.44. The lowest BCUT2D eigenvalue weighted by Gasteiger charge is -2.23. The summed E-state index contributed by atoms with van der Waals surface area (Å²) in [5, 5.41) is 2.69. The number of nitrogens with one attached hydrogen (secondary N) is 1. The highest BCUT2D eigenvalue weighted by Crippen LogP contribution is 2.31. The van der Waals surface area contributed by atoms with Crippen LogP contribution in [0.15, 0.2) is 46.6 Å². The summed E-state index contributed by atoms with van der Waals surface area (Å²) >= 11 is 0. The number of ketones is 2. The van der Waals surface area contributed by atoms with Crippen LogP contribution in [-0.4, -0.2) is 17.5 Å². The van der Waals surface area contributed by atoms with Gasteiger partial charge in [0.1, 0.15) is 5.82 Å². The second-order valence-electron chi connectivity index (χ2n) is 6.44. The molecule has 1 unspecified atom stereocenters. The van der Waals surface area contributed by atoms with Gasteiger partial charge in [-0.3, -0.25) is 14.4 Å². The van der Waals surface area contributed by atoms with Crippen LogP contribution in [0.25, 0.3) is 0 Å². The maximum atomic E-state index is 12.9. The standard InChI is InChI=1S/C20H22FNO3/c1-11(18-14(4)19(24)12(2)13(3)20(18)25)5-10-17(23)22-16-8-6-15(21)7-9-16/h6-9,11H,5,10H2,1-4H3,(H,22,23). The smallest absolute Gasteiger partial charge is 0.224 e. The molecule has 0 heterocycles. The van der Waals surface area contributed by atoms with Gasteiger partial charge in [0.2, 0.25) is 5.91 Å². The van der Waals surface area contributed by atoms with Crippen LogP contribution in [0, 0.1) is 11.7 Å². The van der Waals surface area contributed by atoms with Gasteiger partial charge < -0.3 is 5.32 Å². The lowest BCUT2D eigenvalue weighted by Crippen LogP contribution is -2.25. The van der Waals surface area contributed by atoms with Crippen LogP contribution in [0.3, 0.4) is 0 Å². The first-order chi connectivity index (χ1) is 11.7. The van der Waals surface area contributed by atoms with Crippen LogP contribution < -0.4 is 5.32 Å². The lowest BCUT2D eigenvalue weighted by atomic mass is 9.79. The van der Waals surface area contributed by atoms with E-state index >= 15 is 0 Å². The molecule has 1 aromatic carbocycles. The Morgan fingerprint density at radius 3 is 2.16 bits per heavy atom. The number of rotatable bonds is 5. The van der Waals surface area contributed by atoms with Gasteiger partial charge in [-0.05, 0) is 57.4 Å². The third-order valence-electron chi connectivity index (χ3n) is 4.66. The van der Waals surface area contributed by atoms with Crippen molar-refractivity contribution in [1.82, 2.24) is 0 Å². The fraction of sp³-hybridized carbons (Fsp3) is 0.350. The van der Waals surface area contributed by atoms with Crippen molar-refractivity contribution in [2.45, 2.75) is 40.5 Å². The molecule has 0 spiro atoms. The topological polar surface area (TPSA) is 63.2 Å². The molecule has 1 atom stereocenters. The molecule has 2 rings (SSSR count). The van der Waals surface area contributed by atoms with E-state index in [0.717, 1.165) is 0 Å². The molecular formula is C20H22FNO3. The number of halogens is 1. The fourth-order valence-corrected chi connectivity index (χ4v) is 2.96. The Hall–Kier alpha value is -2.56. The Balaban J connectivity index is 2.01. The molecule has 1 N–H and O–H groups in total. The number of carbonyl (C=O) groups is 3. The average Bonchev–Trinajstić information content (AvgIpc) is 2.58. The molecule has 5 heteroatoms. The predicted octanol–water partition coefficient (Wildman–Crippen LogP) is 3.99. The van der Waals surface area contributed by atoms with Gasteiger partial charge in [-0.2, -0.15) is 0 Å². The van der Waals surface area contributed by atoms with Crippen LogP contribution in [0.4, 0.5) is 10.1 Å². The minimum absolute atomic E-state index is 0.102. The summed E-state index contributed by atoms with van der Waals surface area (Å²) in [6.45, 7) is 6.84. The van der Waals surface area contributed by atoms with Gasteiger partial charge in [0.15, 0.2) is 11.6 Å². The van der Waals surface area contributed by atoms with Crippen LogP contribution in [-0.2, 0) is 14.4 Å². The monoisotopic (exact) mass is 343 g/mol. The molecule has 0 fully saturated rings. The van der Waals surface area contributed by atoms with Crippen molar-refractivity contribution in [3.8, 4) is 0 Å². The predicted molar refractivity (Wildman–Crippen MR) is 94.5 cm³/mol. The number of amides is 1. The Morgan fingerprint density at radius 1 is 1.00 bits per heavy atom. The van der Waals surface area contributed by atoms with E-state index in [2.05, 4.69) is 5.32 Å². The number of benzene rings is 1. The van der Waals surface area contributed by atoms with Gasteiger partial charge in [-0.1, -0.05) is 6.92 Å². The van der Waals surface area contributed by atoms with Gasteiger partial charge in [-0.15, -0.1) is 0 Å². The number of Topliss-reactive ketones (excluding diaryl/α,β-unsaturated/α-hetero) is 2. The molecule has 25 heavy (non-hydrogen) atoms. The molecule has 132 valence electrons. The number of hydrogen-bond donors (Lipinski definition) is 1. The molecule has 0 radical (unpaired) electrons. The van der Waals surface area contributed by atoms with Gasteiger partial charge in [0.25, 0.3) is 0 Å². The van der Waals surface area contributed by atoms with E-state index in [1.165, 1.54) is 24.3 Å². The van der Waals surface area contributed by atoms with E-state index in [1.54, 1.807) is 20.8 Å². The molecule has 4 nitrogen and oxygen atoms in total. The second kappa shape index (κ2) is 7.55. The summed E-state index contributed by atoms with van der Waals surface area (Å²) in [5.41, 5.74) is 2.47. The van der Waals surface area contributed by atoms with Crippen LogP contribution >= 0.6 is 0 Å². The van der Waals surface area contributed by atoms with Crippen LogP contribution in [0.5, 0.6) is 0 Å². The van der Waals surface area contributed by atoms with Crippen molar-refractivity contribution in [2.75, 3.05) is 5.32 Å². The summed E-state index contributed by atoms with van der Waals surface area (Å²) in [6, 6.07) is 5.53. The summed E-state index contributed by atoms with van der Waals surface area (Å²) in [6.07, 6.45) is 0.656. The van der Waals surface area contributed by atoms with Gasteiger partial charge in [-0.25, -0.2) is 4.39 Å². The van der Waals surface area contributed by atoms with Gasteiger partial charge >= 0.3 is 0 Å². The van der Waals surface area contributed by atoms with Crippen molar-refractivity contribution >= 4 is 23.2 Å². The normalized spacial score (nSPS) is 16.4. The fourth-order valence-electron chi connectivity index (χ4n) is 2.96. The summed E-state index contributed by atoms with van der Waals surface area (Å²) in [5.74, 6) is -0.989. The Kier molecular flexibility index (Phi) is 5.67. The maximum absolute atomic E-state index is 12.9. The molecule has 0 aliphatic heterocycles. The van der Waals surface area contributed by atoms with Crippen molar-refractivity contribution in [2.24, 2.45) is 5.92 Å². The molecule has 1 aromatic rings. The first-order valence-corrected chi connectivity index (χ1v) is 8.25. The largest absolute Gasteiger partial charge is 0.326 e. The zero-order valence-electron chi connectivity index (χ0n) is 14.9. The highest BCUT2D eigenvalue weighted by atomic mass is 19.1. The average molecular weight is 343 g/mol. The number of carbonyl (C=O) groups excluding carboxylic acids is 3. The molecule has 1 aliphatic rings. The van der Waals surface area contributed by atoms with E-state index in [0.29, 0.717) is 34.4 Å². The van der Waals surface area contributed by atoms with Crippen LogP contribution in [0.2, 0.25) is 0 Å².